The van der Waals surface area contributed by atoms with Gasteiger partial charge in [-0.3, -0.25) is 0 Å². The molecule has 0 spiro atoms. The molecule has 0 saturated heterocycles. The molecule has 0 saturated carbocycles. The second kappa shape index (κ2) is 4.58. The molecule has 0 fully saturated rings. The van der Waals surface area contributed by atoms with E-state index in [1.165, 1.54) is 11.1 Å². The molecule has 0 aliphatic heterocycles. The second-order valence-electron chi connectivity index (χ2n) is 4.34. The topological polar surface area (TPSA) is 46.2 Å². The maximum Gasteiger partial charge on any atom is 0.0631 e. The van der Waals surface area contributed by atoms with Gasteiger partial charge >= 0.3 is 0 Å². The number of hydrogen-bond acceptors (Lipinski definition) is 2. The Balaban J connectivity index is 2.64. The highest BCUT2D eigenvalue weighted by Gasteiger charge is 2.12. The maximum atomic E-state index is 9.62. The maximum absolute atomic E-state index is 9.62. The van der Waals surface area contributed by atoms with Crippen molar-refractivity contribution in [3.8, 4) is 0 Å². The molecular weight excluding hydrogens is 174 g/mol. The normalized spacial score (nSPS) is 11.7. The van der Waals surface area contributed by atoms with Crippen molar-refractivity contribution >= 4 is 0 Å². The first-order valence-electron chi connectivity index (χ1n) is 5.01. The molecule has 1 aromatic rings. The van der Waals surface area contributed by atoms with Crippen LogP contribution >= 0.6 is 0 Å². The first kappa shape index (κ1) is 11.2. The Hall–Kier alpha value is -0.860. The number of aliphatic hydroxyl groups is 1. The van der Waals surface area contributed by atoms with Gasteiger partial charge in [0.2, 0.25) is 0 Å². The van der Waals surface area contributed by atoms with E-state index in [9.17, 15) is 5.11 Å². The zero-order valence-electron chi connectivity index (χ0n) is 8.96. The van der Waals surface area contributed by atoms with E-state index in [4.69, 9.17) is 5.73 Å². The van der Waals surface area contributed by atoms with Crippen LogP contribution in [0.3, 0.4) is 0 Å². The lowest BCUT2D eigenvalue weighted by Crippen LogP contribution is -2.21. The van der Waals surface area contributed by atoms with Crippen molar-refractivity contribution in [2.45, 2.75) is 32.3 Å². The van der Waals surface area contributed by atoms with E-state index in [1.54, 1.807) is 0 Å². The van der Waals surface area contributed by atoms with Crippen molar-refractivity contribution in [1.82, 2.24) is 0 Å². The van der Waals surface area contributed by atoms with Gasteiger partial charge in [-0.15, -0.1) is 0 Å². The fourth-order valence-electron chi connectivity index (χ4n) is 1.49. The molecule has 0 unspecified atom stereocenters. The van der Waals surface area contributed by atoms with Gasteiger partial charge in [0, 0.05) is 6.42 Å². The van der Waals surface area contributed by atoms with Crippen LogP contribution in [-0.2, 0) is 12.8 Å². The Labute approximate surface area is 85.8 Å². The summed E-state index contributed by atoms with van der Waals surface area (Å²) >= 11 is 0. The lowest BCUT2D eigenvalue weighted by Gasteiger charge is -2.16. The SMILES string of the molecule is CC(C)(O)Cc1ccc(CCN)cc1. The highest BCUT2D eigenvalue weighted by molar-refractivity contribution is 5.23. The van der Waals surface area contributed by atoms with Crippen LogP contribution in [0.5, 0.6) is 0 Å². The van der Waals surface area contributed by atoms with Crippen LogP contribution < -0.4 is 5.73 Å². The number of rotatable bonds is 4. The molecule has 0 aliphatic rings. The predicted molar refractivity (Wildman–Crippen MR) is 59.2 cm³/mol. The molecule has 0 bridgehead atoms. The summed E-state index contributed by atoms with van der Waals surface area (Å²) in [7, 11) is 0. The lowest BCUT2D eigenvalue weighted by atomic mass is 9.97. The van der Waals surface area contributed by atoms with Crippen molar-refractivity contribution in [2.75, 3.05) is 6.54 Å². The summed E-state index contributed by atoms with van der Waals surface area (Å²) in [5.74, 6) is 0. The average Bonchev–Trinajstić information content (AvgIpc) is 2.06. The Morgan fingerprint density at radius 3 is 2.07 bits per heavy atom. The van der Waals surface area contributed by atoms with Crippen LogP contribution in [0.15, 0.2) is 24.3 Å². The quantitative estimate of drug-likeness (QED) is 0.761. The first-order valence-corrected chi connectivity index (χ1v) is 5.01. The molecule has 0 aromatic heterocycles. The van der Waals surface area contributed by atoms with Crippen molar-refractivity contribution in [3.05, 3.63) is 35.4 Å². The molecule has 0 atom stereocenters. The molecule has 2 heteroatoms. The van der Waals surface area contributed by atoms with Gasteiger partial charge in [-0.2, -0.15) is 0 Å². The van der Waals surface area contributed by atoms with Crippen molar-refractivity contribution in [3.63, 3.8) is 0 Å². The zero-order valence-corrected chi connectivity index (χ0v) is 8.96. The molecule has 0 amide bonds. The molecule has 3 N–H and O–H groups in total. The number of benzene rings is 1. The van der Waals surface area contributed by atoms with Gasteiger partial charge in [0.15, 0.2) is 0 Å². The third-order valence-electron chi connectivity index (χ3n) is 2.09. The van der Waals surface area contributed by atoms with Crippen LogP contribution in [0.1, 0.15) is 25.0 Å². The van der Waals surface area contributed by atoms with Crippen molar-refractivity contribution in [1.29, 1.82) is 0 Å². The van der Waals surface area contributed by atoms with Gasteiger partial charge in [-0.25, -0.2) is 0 Å². The Kier molecular flexibility index (Phi) is 3.67. The van der Waals surface area contributed by atoms with Crippen LogP contribution in [-0.4, -0.2) is 17.3 Å². The minimum Gasteiger partial charge on any atom is -0.390 e. The molecule has 1 aromatic carbocycles. The molecular formula is C12H19NO. The van der Waals surface area contributed by atoms with E-state index in [2.05, 4.69) is 24.3 Å². The van der Waals surface area contributed by atoms with Crippen LogP contribution in [0.2, 0.25) is 0 Å². The zero-order chi connectivity index (χ0) is 10.6. The van der Waals surface area contributed by atoms with E-state index in [0.29, 0.717) is 13.0 Å². The van der Waals surface area contributed by atoms with E-state index < -0.39 is 5.60 Å². The highest BCUT2D eigenvalue weighted by Crippen LogP contribution is 2.13. The fourth-order valence-corrected chi connectivity index (χ4v) is 1.49. The van der Waals surface area contributed by atoms with Crippen molar-refractivity contribution in [2.24, 2.45) is 5.73 Å². The van der Waals surface area contributed by atoms with Gasteiger partial charge < -0.3 is 10.8 Å². The van der Waals surface area contributed by atoms with E-state index in [1.807, 2.05) is 13.8 Å². The average molecular weight is 193 g/mol. The minimum atomic E-state index is -0.630. The van der Waals surface area contributed by atoms with Gasteiger partial charge in [-0.05, 0) is 37.9 Å². The van der Waals surface area contributed by atoms with Crippen LogP contribution in [0.25, 0.3) is 0 Å². The van der Waals surface area contributed by atoms with Crippen LogP contribution in [0.4, 0.5) is 0 Å². The molecule has 1 rings (SSSR count). The highest BCUT2D eigenvalue weighted by atomic mass is 16.3. The Morgan fingerprint density at radius 1 is 1.14 bits per heavy atom. The van der Waals surface area contributed by atoms with E-state index >= 15 is 0 Å². The minimum absolute atomic E-state index is 0.630. The Bertz CT molecular complexity index is 271. The predicted octanol–water partition coefficient (Wildman–Crippen LogP) is 1.50. The van der Waals surface area contributed by atoms with E-state index in [-0.39, 0.29) is 0 Å². The smallest absolute Gasteiger partial charge is 0.0631 e. The standard InChI is InChI=1S/C12H19NO/c1-12(2,14)9-11-5-3-10(4-6-11)7-8-13/h3-6,14H,7-9,13H2,1-2H3. The third kappa shape index (κ3) is 3.90. The summed E-state index contributed by atoms with van der Waals surface area (Å²) in [4.78, 5) is 0. The second-order valence-corrected chi connectivity index (χ2v) is 4.34. The molecule has 0 aliphatic carbocycles. The molecule has 0 heterocycles. The summed E-state index contributed by atoms with van der Waals surface area (Å²) < 4.78 is 0. The fraction of sp³-hybridized carbons (Fsp3) is 0.500. The molecule has 2 nitrogen and oxygen atoms in total. The monoisotopic (exact) mass is 193 g/mol. The summed E-state index contributed by atoms with van der Waals surface area (Å²) in [6, 6.07) is 8.27. The van der Waals surface area contributed by atoms with Gasteiger partial charge in [0.05, 0.1) is 5.60 Å². The molecule has 14 heavy (non-hydrogen) atoms. The van der Waals surface area contributed by atoms with Crippen molar-refractivity contribution < 1.29 is 5.11 Å². The Morgan fingerprint density at radius 2 is 1.64 bits per heavy atom. The van der Waals surface area contributed by atoms with Gasteiger partial charge in [-0.1, -0.05) is 24.3 Å². The third-order valence-corrected chi connectivity index (χ3v) is 2.09. The summed E-state index contributed by atoms with van der Waals surface area (Å²) in [5, 5.41) is 9.62. The molecule has 0 radical (unpaired) electrons. The lowest BCUT2D eigenvalue weighted by molar-refractivity contribution is 0.0810. The summed E-state index contributed by atoms with van der Waals surface area (Å²) in [6.45, 7) is 4.33. The van der Waals surface area contributed by atoms with E-state index in [0.717, 1.165) is 6.42 Å². The molecule has 78 valence electrons. The van der Waals surface area contributed by atoms with Gasteiger partial charge in [0.25, 0.3) is 0 Å². The number of nitrogens with two attached hydrogens (primary N) is 1. The summed E-state index contributed by atoms with van der Waals surface area (Å²) in [6.07, 6.45) is 1.61. The number of hydrogen-bond donors (Lipinski definition) is 2. The first-order chi connectivity index (χ1) is 6.51. The van der Waals surface area contributed by atoms with Crippen LogP contribution in [0, 0.1) is 0 Å². The van der Waals surface area contributed by atoms with Gasteiger partial charge in [0.1, 0.15) is 0 Å². The summed E-state index contributed by atoms with van der Waals surface area (Å²) in [5.41, 5.74) is 7.25. The largest absolute Gasteiger partial charge is 0.390 e.